The first-order chi connectivity index (χ1) is 9.63. The van der Waals surface area contributed by atoms with Crippen LogP contribution in [-0.2, 0) is 0 Å². The minimum atomic E-state index is 0.168. The molecule has 1 N–H and O–H groups in total. The van der Waals surface area contributed by atoms with Gasteiger partial charge >= 0.3 is 0 Å². The second kappa shape index (κ2) is 6.14. The third kappa shape index (κ3) is 3.08. The van der Waals surface area contributed by atoms with Gasteiger partial charge in [-0.1, -0.05) is 11.6 Å². The molecule has 1 aliphatic heterocycles. The number of nitrogens with one attached hydrogen (secondary N) is 1. The van der Waals surface area contributed by atoms with E-state index in [2.05, 4.69) is 40.3 Å². The fraction of sp³-hybridized carbons (Fsp3) is 0.333. The highest BCUT2D eigenvalue weighted by Crippen LogP contribution is 2.38. The number of hydrogen-bond acceptors (Lipinski definition) is 3. The minimum absolute atomic E-state index is 0.168. The Morgan fingerprint density at radius 2 is 2.25 bits per heavy atom. The first kappa shape index (κ1) is 14.5. The number of furan rings is 1. The summed E-state index contributed by atoms with van der Waals surface area (Å²) in [6.07, 6.45) is 1.10. The zero-order valence-corrected chi connectivity index (χ0v) is 14.2. The number of rotatable bonds is 3. The van der Waals surface area contributed by atoms with Crippen LogP contribution in [0.4, 0.5) is 0 Å². The highest BCUT2D eigenvalue weighted by atomic mass is 79.9. The summed E-state index contributed by atoms with van der Waals surface area (Å²) in [7, 11) is 0. The molecule has 20 heavy (non-hydrogen) atoms. The molecule has 1 aliphatic rings. The van der Waals surface area contributed by atoms with Crippen LogP contribution in [0.1, 0.15) is 36.8 Å². The molecule has 0 amide bonds. The average molecular weight is 373 g/mol. The van der Waals surface area contributed by atoms with E-state index >= 15 is 0 Å². The van der Waals surface area contributed by atoms with Gasteiger partial charge in [0.1, 0.15) is 5.76 Å². The molecule has 1 aromatic heterocycles. The standard InChI is InChI=1S/C15H15BrClNOS/c1-9(13-3-5-15(16)19-13)18-12-6-7-20-14-4-2-10(17)8-11(12)14/h2-5,8-9,12,18H,6-7H2,1H3. The third-order valence-electron chi connectivity index (χ3n) is 3.48. The van der Waals surface area contributed by atoms with Crippen LogP contribution in [0.15, 0.2) is 44.3 Å². The van der Waals surface area contributed by atoms with Gasteiger partial charge in [0.15, 0.2) is 4.67 Å². The SMILES string of the molecule is CC(NC1CCSc2ccc(Cl)cc21)c1ccc(Br)o1. The predicted molar refractivity (Wildman–Crippen MR) is 87.5 cm³/mol. The van der Waals surface area contributed by atoms with Crippen molar-refractivity contribution in [1.82, 2.24) is 5.32 Å². The summed E-state index contributed by atoms with van der Waals surface area (Å²) in [6.45, 7) is 2.12. The van der Waals surface area contributed by atoms with E-state index in [9.17, 15) is 0 Å². The third-order valence-corrected chi connectivity index (χ3v) is 5.27. The van der Waals surface area contributed by atoms with Crippen LogP contribution < -0.4 is 5.32 Å². The Kier molecular flexibility index (Phi) is 4.46. The van der Waals surface area contributed by atoms with Crippen molar-refractivity contribution in [1.29, 1.82) is 0 Å². The molecule has 106 valence electrons. The zero-order chi connectivity index (χ0) is 14.1. The van der Waals surface area contributed by atoms with Crippen molar-refractivity contribution >= 4 is 39.3 Å². The zero-order valence-electron chi connectivity index (χ0n) is 11.0. The smallest absolute Gasteiger partial charge is 0.169 e. The summed E-state index contributed by atoms with van der Waals surface area (Å²) in [5, 5.41) is 4.44. The van der Waals surface area contributed by atoms with E-state index in [-0.39, 0.29) is 6.04 Å². The van der Waals surface area contributed by atoms with Crippen LogP contribution >= 0.6 is 39.3 Å². The Morgan fingerprint density at radius 1 is 1.40 bits per heavy atom. The summed E-state index contributed by atoms with van der Waals surface area (Å²) < 4.78 is 6.39. The van der Waals surface area contributed by atoms with Crippen LogP contribution in [0, 0.1) is 0 Å². The van der Waals surface area contributed by atoms with Gasteiger partial charge < -0.3 is 9.73 Å². The summed E-state index contributed by atoms with van der Waals surface area (Å²) in [4.78, 5) is 1.32. The monoisotopic (exact) mass is 371 g/mol. The van der Waals surface area contributed by atoms with Gasteiger partial charge in [-0.25, -0.2) is 0 Å². The number of benzene rings is 1. The van der Waals surface area contributed by atoms with Gasteiger partial charge in [0.05, 0.1) is 6.04 Å². The van der Waals surface area contributed by atoms with Crippen LogP contribution in [0.25, 0.3) is 0 Å². The number of hydrogen-bond donors (Lipinski definition) is 1. The van der Waals surface area contributed by atoms with Crippen molar-refractivity contribution in [3.63, 3.8) is 0 Å². The molecule has 2 heterocycles. The first-order valence-electron chi connectivity index (χ1n) is 6.57. The topological polar surface area (TPSA) is 25.2 Å². The lowest BCUT2D eigenvalue weighted by Crippen LogP contribution is -2.27. The van der Waals surface area contributed by atoms with Crippen molar-refractivity contribution in [3.8, 4) is 0 Å². The van der Waals surface area contributed by atoms with E-state index in [1.165, 1.54) is 10.5 Å². The first-order valence-corrected chi connectivity index (χ1v) is 8.72. The van der Waals surface area contributed by atoms with Crippen LogP contribution in [-0.4, -0.2) is 5.75 Å². The molecular formula is C15H15BrClNOS. The molecule has 2 aromatic rings. The van der Waals surface area contributed by atoms with Crippen LogP contribution in [0.5, 0.6) is 0 Å². The summed E-state index contributed by atoms with van der Waals surface area (Å²) in [5.41, 5.74) is 1.30. The molecule has 0 saturated heterocycles. The quantitative estimate of drug-likeness (QED) is 0.761. The molecule has 0 spiro atoms. The molecule has 3 rings (SSSR count). The lowest BCUT2D eigenvalue weighted by atomic mass is 10.0. The van der Waals surface area contributed by atoms with Gasteiger partial charge in [-0.3, -0.25) is 0 Å². The highest BCUT2D eigenvalue weighted by Gasteiger charge is 2.23. The van der Waals surface area contributed by atoms with Gasteiger partial charge in [0.25, 0.3) is 0 Å². The lowest BCUT2D eigenvalue weighted by molar-refractivity contribution is 0.377. The van der Waals surface area contributed by atoms with Crippen molar-refractivity contribution in [2.75, 3.05) is 5.75 Å². The van der Waals surface area contributed by atoms with Crippen LogP contribution in [0.2, 0.25) is 5.02 Å². The summed E-state index contributed by atoms with van der Waals surface area (Å²) in [6, 6.07) is 10.6. The summed E-state index contributed by atoms with van der Waals surface area (Å²) >= 11 is 11.4. The molecule has 0 bridgehead atoms. The Hall–Kier alpha value is -0.420. The lowest BCUT2D eigenvalue weighted by Gasteiger charge is -2.28. The number of fused-ring (bicyclic) bond motifs is 1. The largest absolute Gasteiger partial charge is 0.453 e. The Morgan fingerprint density at radius 3 is 3.00 bits per heavy atom. The van der Waals surface area contributed by atoms with Gasteiger partial charge in [0, 0.05) is 16.0 Å². The maximum absolute atomic E-state index is 6.14. The molecular weight excluding hydrogens is 358 g/mol. The molecule has 0 saturated carbocycles. The van der Waals surface area contributed by atoms with Gasteiger partial charge in [-0.2, -0.15) is 0 Å². The van der Waals surface area contributed by atoms with E-state index in [1.54, 1.807) is 0 Å². The second-order valence-corrected chi connectivity index (χ2v) is 7.26. The fourth-order valence-electron chi connectivity index (χ4n) is 2.48. The fourth-order valence-corrected chi connectivity index (χ4v) is 4.09. The van der Waals surface area contributed by atoms with E-state index in [1.807, 2.05) is 30.0 Å². The maximum atomic E-state index is 6.14. The van der Waals surface area contributed by atoms with Crippen molar-refractivity contribution < 1.29 is 4.42 Å². The van der Waals surface area contributed by atoms with Crippen molar-refractivity contribution in [2.45, 2.75) is 30.3 Å². The number of halogens is 2. The summed E-state index contributed by atoms with van der Waals surface area (Å²) in [5.74, 6) is 2.07. The average Bonchev–Trinajstić information content (AvgIpc) is 2.86. The molecule has 0 radical (unpaired) electrons. The molecule has 2 unspecified atom stereocenters. The second-order valence-electron chi connectivity index (χ2n) is 4.90. The minimum Gasteiger partial charge on any atom is -0.453 e. The van der Waals surface area contributed by atoms with Gasteiger partial charge in [-0.15, -0.1) is 11.8 Å². The molecule has 0 aliphatic carbocycles. The van der Waals surface area contributed by atoms with Crippen LogP contribution in [0.3, 0.4) is 0 Å². The number of thioether (sulfide) groups is 1. The Balaban J connectivity index is 1.80. The maximum Gasteiger partial charge on any atom is 0.169 e. The molecule has 5 heteroatoms. The van der Waals surface area contributed by atoms with E-state index in [0.29, 0.717) is 6.04 Å². The normalized spacial score (nSPS) is 19.6. The molecule has 1 aromatic carbocycles. The Labute approximate surface area is 136 Å². The van der Waals surface area contributed by atoms with Crippen molar-refractivity contribution in [2.24, 2.45) is 0 Å². The van der Waals surface area contributed by atoms with E-state index in [0.717, 1.165) is 27.6 Å². The van der Waals surface area contributed by atoms with Gasteiger partial charge in [-0.05, 0) is 70.9 Å². The van der Waals surface area contributed by atoms with E-state index in [4.69, 9.17) is 16.0 Å². The predicted octanol–water partition coefficient (Wildman–Crippen LogP) is 5.58. The molecule has 2 nitrogen and oxygen atoms in total. The Bertz CT molecular complexity index is 616. The molecule has 2 atom stereocenters. The molecule has 0 fully saturated rings. The highest BCUT2D eigenvalue weighted by molar-refractivity contribution is 9.10. The van der Waals surface area contributed by atoms with Gasteiger partial charge in [0.2, 0.25) is 0 Å². The van der Waals surface area contributed by atoms with E-state index < -0.39 is 0 Å². The van der Waals surface area contributed by atoms with Crippen molar-refractivity contribution in [3.05, 3.63) is 51.3 Å².